The Labute approximate surface area is 158 Å². The second-order valence-electron chi connectivity index (χ2n) is 6.91. The normalized spacial score (nSPS) is 11.0. The molecule has 0 radical (unpaired) electrons. The Hall–Kier alpha value is -1.81. The van der Waals surface area contributed by atoms with Gasteiger partial charge < -0.3 is 10.1 Å². The largest absolute Gasteiger partial charge is 0.483 e. The van der Waals surface area contributed by atoms with Crippen LogP contribution in [-0.2, 0) is 4.79 Å². The number of aryl methyl sites for hydroxylation is 1. The lowest BCUT2D eigenvalue weighted by Gasteiger charge is -2.16. The second kappa shape index (κ2) is 8.52. The predicted octanol–water partition coefficient (Wildman–Crippen LogP) is 6.02. The van der Waals surface area contributed by atoms with Gasteiger partial charge in [0.2, 0.25) is 0 Å². The molecule has 3 nitrogen and oxygen atoms in total. The Balaban J connectivity index is 2.01. The zero-order valence-electron chi connectivity index (χ0n) is 15.5. The summed E-state index contributed by atoms with van der Waals surface area (Å²) >= 11 is 3.55. The summed E-state index contributed by atoms with van der Waals surface area (Å²) in [4.78, 5) is 12.2. The van der Waals surface area contributed by atoms with E-state index in [1.54, 1.807) is 0 Å². The number of amides is 1. The number of rotatable bonds is 6. The summed E-state index contributed by atoms with van der Waals surface area (Å²) in [5.74, 6) is 1.40. The fourth-order valence-corrected chi connectivity index (χ4v) is 2.90. The van der Waals surface area contributed by atoms with E-state index >= 15 is 0 Å². The molecule has 2 rings (SSSR count). The van der Waals surface area contributed by atoms with E-state index in [0.717, 1.165) is 27.0 Å². The molecule has 2 aromatic carbocycles. The van der Waals surface area contributed by atoms with Gasteiger partial charge in [0.05, 0.1) is 0 Å². The smallest absolute Gasteiger partial charge is 0.262 e. The maximum atomic E-state index is 12.2. The van der Waals surface area contributed by atoms with Gasteiger partial charge in [-0.2, -0.15) is 0 Å². The summed E-state index contributed by atoms with van der Waals surface area (Å²) in [7, 11) is 0. The van der Waals surface area contributed by atoms with Crippen molar-refractivity contribution in [3.8, 4) is 5.75 Å². The van der Waals surface area contributed by atoms with E-state index < -0.39 is 0 Å². The highest BCUT2D eigenvalue weighted by atomic mass is 79.9. The number of hydrogen-bond acceptors (Lipinski definition) is 2. The SMILES string of the molecule is Cc1cc(OCC(=O)Nc2ccc(C(C)C)cc2)c(C(C)C)cc1Br. The van der Waals surface area contributed by atoms with Crippen molar-refractivity contribution in [1.82, 2.24) is 0 Å². The van der Waals surface area contributed by atoms with Crippen LogP contribution < -0.4 is 10.1 Å². The molecule has 1 amide bonds. The number of halogens is 1. The Morgan fingerprint density at radius 3 is 2.28 bits per heavy atom. The van der Waals surface area contributed by atoms with E-state index in [4.69, 9.17) is 4.74 Å². The van der Waals surface area contributed by atoms with Gasteiger partial charge in [-0.05, 0) is 59.7 Å². The first kappa shape index (κ1) is 19.5. The highest BCUT2D eigenvalue weighted by Gasteiger charge is 2.12. The van der Waals surface area contributed by atoms with Gasteiger partial charge in [-0.25, -0.2) is 0 Å². The molecule has 0 fully saturated rings. The van der Waals surface area contributed by atoms with Crippen LogP contribution in [0.25, 0.3) is 0 Å². The topological polar surface area (TPSA) is 38.3 Å². The van der Waals surface area contributed by atoms with Crippen molar-refractivity contribution in [2.75, 3.05) is 11.9 Å². The minimum Gasteiger partial charge on any atom is -0.483 e. The van der Waals surface area contributed by atoms with Crippen LogP contribution >= 0.6 is 15.9 Å². The lowest BCUT2D eigenvalue weighted by molar-refractivity contribution is -0.118. The molecule has 0 aliphatic carbocycles. The lowest BCUT2D eigenvalue weighted by atomic mass is 10.0. The molecule has 25 heavy (non-hydrogen) atoms. The molecular weight excluding hydrogens is 378 g/mol. The van der Waals surface area contributed by atoms with Crippen LogP contribution in [0.3, 0.4) is 0 Å². The first-order valence-electron chi connectivity index (χ1n) is 8.60. The third-order valence-electron chi connectivity index (χ3n) is 4.13. The number of hydrogen-bond donors (Lipinski definition) is 1. The Morgan fingerprint density at radius 1 is 1.08 bits per heavy atom. The molecule has 0 heterocycles. The molecule has 0 unspecified atom stereocenters. The quantitative estimate of drug-likeness (QED) is 0.639. The van der Waals surface area contributed by atoms with Crippen molar-refractivity contribution >= 4 is 27.5 Å². The molecule has 0 spiro atoms. The summed E-state index contributed by atoms with van der Waals surface area (Å²) < 4.78 is 6.85. The van der Waals surface area contributed by atoms with Gasteiger partial charge in [0.15, 0.2) is 6.61 Å². The van der Waals surface area contributed by atoms with Crippen molar-refractivity contribution in [3.05, 3.63) is 57.6 Å². The third-order valence-corrected chi connectivity index (χ3v) is 4.99. The predicted molar refractivity (Wildman–Crippen MR) is 108 cm³/mol. The first-order valence-corrected chi connectivity index (χ1v) is 9.40. The van der Waals surface area contributed by atoms with Gasteiger partial charge >= 0.3 is 0 Å². The molecule has 1 N–H and O–H groups in total. The maximum absolute atomic E-state index is 12.2. The maximum Gasteiger partial charge on any atom is 0.262 e. The van der Waals surface area contributed by atoms with Crippen LogP contribution in [-0.4, -0.2) is 12.5 Å². The monoisotopic (exact) mass is 403 g/mol. The van der Waals surface area contributed by atoms with E-state index in [9.17, 15) is 4.79 Å². The standard InChI is InChI=1S/C21H26BrNO2/c1-13(2)16-6-8-17(9-7-16)23-21(24)12-25-20-10-15(5)19(22)11-18(20)14(3)4/h6-11,13-14H,12H2,1-5H3,(H,23,24). The third kappa shape index (κ3) is 5.33. The Kier molecular flexibility index (Phi) is 6.65. The average molecular weight is 404 g/mol. The zero-order chi connectivity index (χ0) is 18.6. The van der Waals surface area contributed by atoms with Gasteiger partial charge in [-0.1, -0.05) is 55.8 Å². The van der Waals surface area contributed by atoms with Crippen LogP contribution in [0.5, 0.6) is 5.75 Å². The zero-order valence-corrected chi connectivity index (χ0v) is 17.1. The van der Waals surface area contributed by atoms with Gasteiger partial charge in [0.25, 0.3) is 5.91 Å². The molecule has 0 aliphatic heterocycles. The molecular formula is C21H26BrNO2. The summed E-state index contributed by atoms with van der Waals surface area (Å²) in [5, 5.41) is 2.88. The highest BCUT2D eigenvalue weighted by Crippen LogP contribution is 2.32. The minimum absolute atomic E-state index is 0.00722. The average Bonchev–Trinajstić information content (AvgIpc) is 2.55. The van der Waals surface area contributed by atoms with Crippen LogP contribution in [0, 0.1) is 6.92 Å². The number of carbonyl (C=O) groups excluding carboxylic acids is 1. The number of ether oxygens (including phenoxy) is 1. The lowest BCUT2D eigenvalue weighted by Crippen LogP contribution is -2.20. The number of nitrogens with one attached hydrogen (secondary N) is 1. The van der Waals surface area contributed by atoms with Gasteiger partial charge in [0.1, 0.15) is 5.75 Å². The van der Waals surface area contributed by atoms with E-state index in [2.05, 4.69) is 55.0 Å². The summed E-state index contributed by atoms with van der Waals surface area (Å²) in [6, 6.07) is 12.0. The molecule has 0 atom stereocenters. The fraction of sp³-hybridized carbons (Fsp3) is 0.381. The molecule has 0 saturated heterocycles. The summed E-state index contributed by atoms with van der Waals surface area (Å²) in [5.41, 5.74) is 4.21. The second-order valence-corrected chi connectivity index (χ2v) is 7.76. The Bertz CT molecular complexity index is 736. The van der Waals surface area contributed by atoms with Crippen LogP contribution in [0.4, 0.5) is 5.69 Å². The van der Waals surface area contributed by atoms with Gasteiger partial charge in [0, 0.05) is 10.2 Å². The molecule has 0 bridgehead atoms. The van der Waals surface area contributed by atoms with E-state index in [0.29, 0.717) is 11.8 Å². The van der Waals surface area contributed by atoms with Crippen LogP contribution in [0.15, 0.2) is 40.9 Å². The molecule has 2 aromatic rings. The number of carbonyl (C=O) groups is 1. The van der Waals surface area contributed by atoms with Crippen molar-refractivity contribution in [1.29, 1.82) is 0 Å². The van der Waals surface area contributed by atoms with Crippen LogP contribution in [0.2, 0.25) is 0 Å². The van der Waals surface area contributed by atoms with E-state index in [1.165, 1.54) is 5.56 Å². The highest BCUT2D eigenvalue weighted by molar-refractivity contribution is 9.10. The van der Waals surface area contributed by atoms with Crippen molar-refractivity contribution in [2.24, 2.45) is 0 Å². The van der Waals surface area contributed by atoms with Gasteiger partial charge in [-0.15, -0.1) is 0 Å². The number of benzene rings is 2. The van der Waals surface area contributed by atoms with Crippen molar-refractivity contribution in [2.45, 2.75) is 46.5 Å². The summed E-state index contributed by atoms with van der Waals surface area (Å²) in [6.07, 6.45) is 0. The molecule has 4 heteroatoms. The van der Waals surface area contributed by atoms with E-state index in [1.807, 2.05) is 37.3 Å². The Morgan fingerprint density at radius 2 is 1.72 bits per heavy atom. The van der Waals surface area contributed by atoms with E-state index in [-0.39, 0.29) is 12.5 Å². The minimum atomic E-state index is -0.160. The van der Waals surface area contributed by atoms with Gasteiger partial charge in [-0.3, -0.25) is 4.79 Å². The molecule has 0 saturated carbocycles. The molecule has 0 aliphatic rings. The number of anilines is 1. The van der Waals surface area contributed by atoms with Crippen LogP contribution in [0.1, 0.15) is 56.2 Å². The first-order chi connectivity index (χ1) is 11.8. The molecule has 134 valence electrons. The van der Waals surface area contributed by atoms with Crippen molar-refractivity contribution in [3.63, 3.8) is 0 Å². The molecule has 0 aromatic heterocycles. The van der Waals surface area contributed by atoms with Crippen molar-refractivity contribution < 1.29 is 9.53 Å². The fourth-order valence-electron chi connectivity index (χ4n) is 2.54. The summed E-state index contributed by atoms with van der Waals surface area (Å²) in [6.45, 7) is 10.5.